The van der Waals surface area contributed by atoms with Crippen LogP contribution in [0.3, 0.4) is 0 Å². The number of hydrogen-bond donors (Lipinski definition) is 2. The van der Waals surface area contributed by atoms with E-state index in [4.69, 9.17) is 11.1 Å². The van der Waals surface area contributed by atoms with E-state index in [1.807, 2.05) is 11.4 Å². The Morgan fingerprint density at radius 2 is 2.60 bits per heavy atom. The lowest BCUT2D eigenvalue weighted by Gasteiger charge is -1.90. The number of thiophene rings is 1. The van der Waals surface area contributed by atoms with Crippen LogP contribution in [0.25, 0.3) is 0 Å². The summed E-state index contributed by atoms with van der Waals surface area (Å²) in [5.74, 6) is 5.08. The number of nitrogens with one attached hydrogen (secondary N) is 1. The molecular formula is C6H7N3S. The molecule has 0 radical (unpaired) electrons. The van der Waals surface area contributed by atoms with Gasteiger partial charge >= 0.3 is 0 Å². The van der Waals surface area contributed by atoms with Gasteiger partial charge in [0.2, 0.25) is 0 Å². The predicted octanol–water partition coefficient (Wildman–Crippen LogP) is 0.583. The topological polar surface area (TPSA) is 61.8 Å². The van der Waals surface area contributed by atoms with Gasteiger partial charge in [0.1, 0.15) is 10.9 Å². The lowest BCUT2D eigenvalue weighted by Crippen LogP contribution is -2.20. The van der Waals surface area contributed by atoms with Crippen molar-refractivity contribution in [2.75, 3.05) is 0 Å². The molecule has 0 spiro atoms. The van der Waals surface area contributed by atoms with Gasteiger partial charge in [0, 0.05) is 6.54 Å². The maximum absolute atomic E-state index is 8.43. The Bertz CT molecular complexity index is 248. The van der Waals surface area contributed by atoms with Gasteiger partial charge in [0.15, 0.2) is 0 Å². The van der Waals surface area contributed by atoms with Gasteiger partial charge in [0.25, 0.3) is 0 Å². The van der Waals surface area contributed by atoms with Crippen molar-refractivity contribution < 1.29 is 0 Å². The van der Waals surface area contributed by atoms with Gasteiger partial charge < -0.3 is 0 Å². The van der Waals surface area contributed by atoms with Crippen LogP contribution in [0.5, 0.6) is 0 Å². The first-order chi connectivity index (χ1) is 4.86. The van der Waals surface area contributed by atoms with Crippen molar-refractivity contribution in [2.24, 2.45) is 5.84 Å². The Morgan fingerprint density at radius 1 is 1.80 bits per heavy atom. The molecule has 0 saturated heterocycles. The van der Waals surface area contributed by atoms with E-state index in [1.165, 1.54) is 11.3 Å². The molecule has 0 saturated carbocycles. The van der Waals surface area contributed by atoms with Crippen molar-refractivity contribution in [2.45, 2.75) is 6.54 Å². The third kappa shape index (κ3) is 1.54. The van der Waals surface area contributed by atoms with Gasteiger partial charge in [-0.25, -0.2) is 0 Å². The van der Waals surface area contributed by atoms with Crippen LogP contribution in [0.15, 0.2) is 11.4 Å². The van der Waals surface area contributed by atoms with E-state index < -0.39 is 0 Å². The first-order valence-corrected chi connectivity index (χ1v) is 3.65. The quantitative estimate of drug-likeness (QED) is 0.482. The van der Waals surface area contributed by atoms with E-state index >= 15 is 0 Å². The molecule has 0 fully saturated rings. The van der Waals surface area contributed by atoms with E-state index in [1.54, 1.807) is 0 Å². The highest BCUT2D eigenvalue weighted by Crippen LogP contribution is 2.12. The van der Waals surface area contributed by atoms with Crippen LogP contribution in [-0.4, -0.2) is 0 Å². The van der Waals surface area contributed by atoms with Crippen LogP contribution in [-0.2, 0) is 6.54 Å². The van der Waals surface area contributed by atoms with E-state index in [-0.39, 0.29) is 0 Å². The lowest BCUT2D eigenvalue weighted by molar-refractivity contribution is 0.743. The maximum atomic E-state index is 8.43. The molecule has 0 aliphatic carbocycles. The summed E-state index contributed by atoms with van der Waals surface area (Å²) < 4.78 is 0. The summed E-state index contributed by atoms with van der Waals surface area (Å²) in [6.07, 6.45) is 0. The van der Waals surface area contributed by atoms with Crippen molar-refractivity contribution in [3.63, 3.8) is 0 Å². The average Bonchev–Trinajstić information content (AvgIpc) is 2.37. The third-order valence-electron chi connectivity index (χ3n) is 1.07. The zero-order valence-electron chi connectivity index (χ0n) is 5.29. The van der Waals surface area contributed by atoms with Crippen molar-refractivity contribution in [3.8, 4) is 6.07 Å². The molecule has 1 rings (SSSR count). The molecule has 0 unspecified atom stereocenters. The van der Waals surface area contributed by atoms with E-state index in [9.17, 15) is 0 Å². The molecule has 0 aliphatic rings. The van der Waals surface area contributed by atoms with Gasteiger partial charge in [-0.2, -0.15) is 5.26 Å². The molecule has 0 bridgehead atoms. The normalized spacial score (nSPS) is 9.20. The van der Waals surface area contributed by atoms with Gasteiger partial charge in [-0.3, -0.25) is 11.3 Å². The molecule has 3 nitrogen and oxygen atoms in total. The number of nitrogens with two attached hydrogens (primary N) is 1. The molecule has 1 aromatic rings. The highest BCUT2D eigenvalue weighted by molar-refractivity contribution is 7.10. The van der Waals surface area contributed by atoms with E-state index in [0.29, 0.717) is 6.54 Å². The van der Waals surface area contributed by atoms with Crippen LogP contribution in [0, 0.1) is 11.3 Å². The zero-order chi connectivity index (χ0) is 7.40. The fraction of sp³-hybridized carbons (Fsp3) is 0.167. The van der Waals surface area contributed by atoms with Crippen molar-refractivity contribution >= 4 is 11.3 Å². The smallest absolute Gasteiger partial charge is 0.110 e. The minimum atomic E-state index is 0.623. The molecule has 1 aromatic heterocycles. The average molecular weight is 153 g/mol. The number of nitrogens with zero attached hydrogens (tertiary/aromatic N) is 1. The molecule has 3 N–H and O–H groups in total. The van der Waals surface area contributed by atoms with Crippen LogP contribution in [0.2, 0.25) is 0 Å². The molecule has 52 valence electrons. The Hall–Kier alpha value is -0.890. The maximum Gasteiger partial charge on any atom is 0.110 e. The van der Waals surface area contributed by atoms with Crippen molar-refractivity contribution in [1.29, 1.82) is 5.26 Å². The Balaban J connectivity index is 2.71. The molecular weight excluding hydrogens is 146 g/mol. The summed E-state index contributed by atoms with van der Waals surface area (Å²) in [4.78, 5) is 0.727. The van der Waals surface area contributed by atoms with Crippen molar-refractivity contribution in [3.05, 3.63) is 21.9 Å². The van der Waals surface area contributed by atoms with Crippen LogP contribution in [0.1, 0.15) is 10.4 Å². The summed E-state index contributed by atoms with van der Waals surface area (Å²) in [6.45, 7) is 0.623. The molecule has 0 atom stereocenters. The van der Waals surface area contributed by atoms with Crippen molar-refractivity contribution in [1.82, 2.24) is 5.43 Å². The second kappa shape index (κ2) is 3.32. The van der Waals surface area contributed by atoms with Gasteiger partial charge in [-0.05, 0) is 17.0 Å². The second-order valence-corrected chi connectivity index (χ2v) is 2.72. The first-order valence-electron chi connectivity index (χ1n) is 2.78. The van der Waals surface area contributed by atoms with E-state index in [0.717, 1.165) is 10.4 Å². The number of nitriles is 1. The minimum absolute atomic E-state index is 0.623. The standard InChI is InChI=1S/C6H7N3S/c7-2-6-1-5(3-9-8)4-10-6/h1,4,9H,3,8H2. The Kier molecular flexibility index (Phi) is 2.40. The summed E-state index contributed by atoms with van der Waals surface area (Å²) in [6, 6.07) is 3.88. The number of hydrogen-bond acceptors (Lipinski definition) is 4. The largest absolute Gasteiger partial charge is 0.271 e. The first kappa shape index (κ1) is 7.22. The zero-order valence-corrected chi connectivity index (χ0v) is 6.11. The van der Waals surface area contributed by atoms with Gasteiger partial charge in [0.05, 0.1) is 0 Å². The monoisotopic (exact) mass is 153 g/mol. The lowest BCUT2D eigenvalue weighted by atomic mass is 10.3. The summed E-state index contributed by atoms with van der Waals surface area (Å²) in [7, 11) is 0. The number of rotatable bonds is 2. The summed E-state index contributed by atoms with van der Waals surface area (Å²) >= 11 is 1.43. The summed E-state index contributed by atoms with van der Waals surface area (Å²) in [5, 5.41) is 10.3. The fourth-order valence-corrected chi connectivity index (χ4v) is 1.35. The minimum Gasteiger partial charge on any atom is -0.271 e. The van der Waals surface area contributed by atoms with E-state index in [2.05, 4.69) is 11.5 Å². The SMILES string of the molecule is N#Cc1cc(CNN)cs1. The molecule has 0 aliphatic heterocycles. The fourth-order valence-electron chi connectivity index (χ4n) is 0.645. The molecule has 4 heteroatoms. The van der Waals surface area contributed by atoms with Crippen LogP contribution >= 0.6 is 11.3 Å². The van der Waals surface area contributed by atoms with Crippen LogP contribution in [0.4, 0.5) is 0 Å². The third-order valence-corrected chi connectivity index (χ3v) is 1.95. The molecule has 0 aromatic carbocycles. The predicted molar refractivity (Wildman–Crippen MR) is 40.1 cm³/mol. The van der Waals surface area contributed by atoms with Crippen LogP contribution < -0.4 is 11.3 Å². The molecule has 1 heterocycles. The van der Waals surface area contributed by atoms with Gasteiger partial charge in [-0.1, -0.05) is 0 Å². The second-order valence-electron chi connectivity index (χ2n) is 1.81. The molecule has 0 amide bonds. The number of hydrazine groups is 1. The van der Waals surface area contributed by atoms with Gasteiger partial charge in [-0.15, -0.1) is 11.3 Å². The summed E-state index contributed by atoms with van der Waals surface area (Å²) in [5.41, 5.74) is 3.58. The Labute approximate surface area is 63.1 Å². The molecule has 10 heavy (non-hydrogen) atoms. The Morgan fingerprint density at radius 3 is 3.10 bits per heavy atom. The highest BCUT2D eigenvalue weighted by atomic mass is 32.1. The highest BCUT2D eigenvalue weighted by Gasteiger charge is 1.95.